The molecule has 0 radical (unpaired) electrons. The number of alkyl halides is 6. The topological polar surface area (TPSA) is 295 Å². The van der Waals surface area contributed by atoms with E-state index in [1.54, 1.807) is 30.3 Å². The van der Waals surface area contributed by atoms with Gasteiger partial charge in [0.2, 0.25) is 0 Å². The van der Waals surface area contributed by atoms with Gasteiger partial charge in [0, 0.05) is 88.8 Å². The first-order chi connectivity index (χ1) is 37.7. The van der Waals surface area contributed by atoms with Crippen molar-refractivity contribution in [2.24, 2.45) is 0 Å². The van der Waals surface area contributed by atoms with E-state index in [4.69, 9.17) is 48.3 Å². The summed E-state index contributed by atoms with van der Waals surface area (Å²) in [4.78, 5) is 61.7. The van der Waals surface area contributed by atoms with E-state index in [1.807, 2.05) is 6.92 Å². The number of hydrogen-bond donors (Lipinski definition) is 3. The second kappa shape index (κ2) is 28.3. The number of nitrogens with one attached hydrogen (secondary N) is 3. The minimum atomic E-state index is -4.99. The van der Waals surface area contributed by atoms with Crippen LogP contribution in [-0.4, -0.2) is 63.8 Å². The van der Waals surface area contributed by atoms with Crippen LogP contribution in [0.1, 0.15) is 33.4 Å². The van der Waals surface area contributed by atoms with Gasteiger partial charge in [0.15, 0.2) is 11.4 Å². The maximum atomic E-state index is 12.9. The van der Waals surface area contributed by atoms with Crippen LogP contribution in [0, 0.1) is 79.2 Å². The van der Waals surface area contributed by atoms with Crippen LogP contribution in [0.2, 0.25) is 5.02 Å². The highest BCUT2D eigenvalue weighted by atomic mass is 35.5. The summed E-state index contributed by atoms with van der Waals surface area (Å²) in [5.74, 6) is -0.798. The largest absolute Gasteiger partial charge is 0.416 e. The number of non-ortho nitro benzene ring substituents is 1. The predicted octanol–water partition coefficient (Wildman–Crippen LogP) is 13.9. The molecule has 81 heavy (non-hydrogen) atoms. The number of rotatable bonds is 21. The molecule has 0 fully saturated rings. The van der Waals surface area contributed by atoms with E-state index in [2.05, 4.69) is 16.0 Å². The Bertz CT molecular complexity index is 3370. The summed E-state index contributed by atoms with van der Waals surface area (Å²) in [6.45, 7) is 1.54. The number of thiocarbonyl (C=S) groups is 3. The molecule has 0 aromatic heterocycles. The maximum Gasteiger partial charge on any atom is 0.416 e. The number of anilines is 3. The van der Waals surface area contributed by atoms with Gasteiger partial charge < -0.3 is 16.0 Å². The van der Waals surface area contributed by atoms with Crippen LogP contribution in [0.4, 0.5) is 86.3 Å². The van der Waals surface area contributed by atoms with Gasteiger partial charge in [0.1, 0.15) is 17.3 Å². The molecule has 0 saturated carbocycles. The Kier molecular flexibility index (Phi) is 22.6. The van der Waals surface area contributed by atoms with Gasteiger partial charge in [-0.1, -0.05) is 84.7 Å². The van der Waals surface area contributed by atoms with E-state index in [1.165, 1.54) is 48.5 Å². The van der Waals surface area contributed by atoms with Gasteiger partial charge >= 0.3 is 12.4 Å². The molecule has 0 atom stereocenters. The lowest BCUT2D eigenvalue weighted by molar-refractivity contribution is -0.393. The predicted molar refractivity (Wildman–Crippen MR) is 293 cm³/mol. The van der Waals surface area contributed by atoms with E-state index in [0.717, 1.165) is 22.8 Å². The lowest BCUT2D eigenvalue weighted by atomic mass is 10.1. The zero-order valence-corrected chi connectivity index (χ0v) is 44.0. The van der Waals surface area contributed by atoms with Gasteiger partial charge in [0.25, 0.3) is 34.1 Å². The fourth-order valence-electron chi connectivity index (χ4n) is 6.81. The highest BCUT2D eigenvalue weighted by Gasteiger charge is 2.39. The molecule has 6 rings (SSSR count). The third kappa shape index (κ3) is 19.5. The van der Waals surface area contributed by atoms with Crippen molar-refractivity contribution in [1.29, 1.82) is 0 Å². The molecule has 0 unspecified atom stereocenters. The van der Waals surface area contributed by atoms with Crippen molar-refractivity contribution in [2.45, 2.75) is 38.5 Å². The number of nitrogens with zero attached hydrogens (tertiary/aromatic N) is 6. The van der Waals surface area contributed by atoms with Gasteiger partial charge in [-0.25, -0.2) is 8.78 Å². The number of nitro groups is 6. The number of hydrogen-bond acceptors (Lipinski definition) is 18. The smallest absolute Gasteiger partial charge is 0.375 e. The molecule has 0 saturated heterocycles. The molecule has 6 aromatic rings. The molecule has 0 aliphatic rings. The van der Waals surface area contributed by atoms with Gasteiger partial charge in [-0.3, -0.25) is 60.7 Å². The van der Waals surface area contributed by atoms with Crippen molar-refractivity contribution in [3.63, 3.8) is 0 Å². The van der Waals surface area contributed by atoms with Gasteiger partial charge in [0.05, 0.1) is 46.7 Å². The third-order valence-electron chi connectivity index (χ3n) is 10.7. The third-order valence-corrected chi connectivity index (χ3v) is 12.0. The van der Waals surface area contributed by atoms with Crippen molar-refractivity contribution < 1.29 is 64.7 Å². The summed E-state index contributed by atoms with van der Waals surface area (Å²) in [7, 11) is 0. The maximum absolute atomic E-state index is 12.9. The Hall–Kier alpha value is -8.88. The molecule has 0 bridgehead atoms. The summed E-state index contributed by atoms with van der Waals surface area (Å²) in [6.07, 6.45) is -9.17. The molecule has 0 heterocycles. The first-order valence-electron chi connectivity index (χ1n) is 22.3. The summed E-state index contributed by atoms with van der Waals surface area (Å²) in [6, 6.07) is 20.7. The number of nitro benzene ring substituents is 6. The minimum absolute atomic E-state index is 0.145. The molecular weight excluding hydrogens is 1180 g/mol. The zero-order chi connectivity index (χ0) is 60.7. The van der Waals surface area contributed by atoms with E-state index >= 15 is 0 Å². The van der Waals surface area contributed by atoms with Gasteiger partial charge in [-0.15, -0.1) is 0 Å². The van der Waals surface area contributed by atoms with Crippen molar-refractivity contribution in [3.05, 3.63) is 220 Å². The van der Waals surface area contributed by atoms with E-state index in [9.17, 15) is 95.8 Å². The van der Waals surface area contributed by atoms with Crippen molar-refractivity contribution in [1.82, 2.24) is 0 Å². The average molecular weight is 1210 g/mol. The Morgan fingerprint density at radius 2 is 0.790 bits per heavy atom. The summed E-state index contributed by atoms with van der Waals surface area (Å²) >= 11 is 21.5. The zero-order valence-electron chi connectivity index (χ0n) is 40.8. The molecule has 6 aromatic carbocycles. The van der Waals surface area contributed by atoms with Crippen molar-refractivity contribution >= 4 is 114 Å². The van der Waals surface area contributed by atoms with E-state index in [-0.39, 0.29) is 78.8 Å². The lowest BCUT2D eigenvalue weighted by Gasteiger charge is -2.12. The van der Waals surface area contributed by atoms with Crippen LogP contribution < -0.4 is 16.0 Å². The monoisotopic (exact) mass is 1210 g/mol. The fourth-order valence-corrected chi connectivity index (χ4v) is 7.73. The second-order valence-electron chi connectivity index (χ2n) is 16.6. The quantitative estimate of drug-likeness (QED) is 0.0261. The van der Waals surface area contributed by atoms with Crippen LogP contribution in [0.3, 0.4) is 0 Å². The van der Waals surface area contributed by atoms with E-state index in [0.29, 0.717) is 26.7 Å². The fraction of sp³-hybridized carbons (Fsp3) is 0.188. The van der Waals surface area contributed by atoms with Crippen molar-refractivity contribution in [3.8, 4) is 0 Å². The number of benzene rings is 6. The second-order valence-corrected chi connectivity index (χ2v) is 18.7. The normalized spacial score (nSPS) is 10.9. The Morgan fingerprint density at radius 1 is 0.457 bits per heavy atom. The first-order valence-corrected chi connectivity index (χ1v) is 23.9. The average Bonchev–Trinajstić information content (AvgIpc) is 3.38. The van der Waals surface area contributed by atoms with Crippen LogP contribution in [-0.2, 0) is 31.6 Å². The molecule has 3 N–H and O–H groups in total. The van der Waals surface area contributed by atoms with Crippen molar-refractivity contribution in [2.75, 3.05) is 35.6 Å². The lowest BCUT2D eigenvalue weighted by Crippen LogP contribution is -2.17. The molecule has 0 spiro atoms. The molecule has 0 aliphatic heterocycles. The van der Waals surface area contributed by atoms with Gasteiger partial charge in [-0.05, 0) is 65.6 Å². The Balaban J connectivity index is 0.000000263. The Labute approximate surface area is 470 Å². The Morgan fingerprint density at radius 3 is 1.11 bits per heavy atom. The van der Waals surface area contributed by atoms with Crippen LogP contribution >= 0.6 is 48.3 Å². The number of halogens is 9. The minimum Gasteiger partial charge on any atom is -0.375 e. The molecule has 21 nitrogen and oxygen atoms in total. The van der Waals surface area contributed by atoms with Crippen LogP contribution in [0.15, 0.2) is 109 Å². The van der Waals surface area contributed by atoms with Crippen LogP contribution in [0.25, 0.3) is 0 Å². The molecular formula is C48H36ClF8N9O12S3. The summed E-state index contributed by atoms with van der Waals surface area (Å²) < 4.78 is 103. The standard InChI is InChI=1S/C17H13ClF3N3O4S.C16H11F4N3O4S.C15H12FN3O4S/c1-9-2-3-10(5-13(9)18)4-12(29)8-22-16-14(23(25)26)6-11(17(19,20)21)7-15(16)24(27)28;17-11-3-1-9(2-4-11)5-12(28)8-21-15-13(22(24)25)6-10(16(18,19)20)7-14(15)23(26)27;16-11-3-1-10(2-4-11)7-13(24)9-17-14-6-5-12(18(20)21)8-15(14)19(22)23/h2-3,5-7,22H,4,8H2,1H3;1-4,6-7,21H,5,8H2;1-6,8,17H,7,9H2. The van der Waals surface area contributed by atoms with E-state index < -0.39 is 98.6 Å². The van der Waals surface area contributed by atoms with Crippen LogP contribution in [0.5, 0.6) is 0 Å². The highest BCUT2D eigenvalue weighted by molar-refractivity contribution is 7.80. The molecule has 0 amide bonds. The first kappa shape index (κ1) is 64.6. The van der Waals surface area contributed by atoms with Gasteiger partial charge in [-0.2, -0.15) is 26.3 Å². The summed E-state index contributed by atoms with van der Waals surface area (Å²) in [5, 5.41) is 74.6. The highest BCUT2D eigenvalue weighted by Crippen LogP contribution is 2.43. The number of aryl methyl sites for hydroxylation is 1. The summed E-state index contributed by atoms with van der Waals surface area (Å²) in [5.41, 5.74) is -6.17. The SMILES string of the molecule is Cc1ccc(CC(=S)CNc2c([N+](=O)[O-])cc(C(F)(F)F)cc2[N+](=O)[O-])cc1Cl.O=[N+]([O-])c1cc(C(F)(F)F)cc([N+](=O)[O-])c1NCC(=S)Cc1ccc(F)cc1.O=[N+]([O-])c1ccc(NCC(=S)Cc2ccc(F)cc2)c([N+](=O)[O-])c1. The molecule has 426 valence electrons. The molecule has 33 heteroatoms. The molecule has 0 aliphatic carbocycles.